The maximum atomic E-state index is 11.8. The van der Waals surface area contributed by atoms with Gasteiger partial charge in [-0.1, -0.05) is 24.3 Å². The Morgan fingerprint density at radius 3 is 2.80 bits per heavy atom. The highest BCUT2D eigenvalue weighted by Crippen LogP contribution is 2.38. The summed E-state index contributed by atoms with van der Waals surface area (Å²) >= 11 is 0. The van der Waals surface area contributed by atoms with Crippen molar-refractivity contribution >= 4 is 5.91 Å². The predicted octanol–water partition coefficient (Wildman–Crippen LogP) is 1.15. The topological polar surface area (TPSA) is 38.3 Å². The van der Waals surface area contributed by atoms with Gasteiger partial charge in [-0.2, -0.15) is 0 Å². The zero-order valence-corrected chi connectivity index (χ0v) is 8.62. The molecule has 0 aliphatic carbocycles. The van der Waals surface area contributed by atoms with Crippen LogP contribution in [0.5, 0.6) is 0 Å². The van der Waals surface area contributed by atoms with E-state index in [9.17, 15) is 4.79 Å². The van der Waals surface area contributed by atoms with Crippen molar-refractivity contribution in [2.24, 2.45) is 0 Å². The van der Waals surface area contributed by atoms with Crippen LogP contribution in [0.25, 0.3) is 0 Å². The van der Waals surface area contributed by atoms with Crippen molar-refractivity contribution in [1.82, 2.24) is 5.32 Å². The third kappa shape index (κ3) is 1.07. The molecule has 3 heteroatoms. The van der Waals surface area contributed by atoms with E-state index in [-0.39, 0.29) is 17.4 Å². The van der Waals surface area contributed by atoms with E-state index in [4.69, 9.17) is 4.74 Å². The average Bonchev–Trinajstić information content (AvgIpc) is 2.21. The number of carbonyl (C=O) groups excluding carboxylic acids is 1. The quantitative estimate of drug-likeness (QED) is 0.686. The summed E-state index contributed by atoms with van der Waals surface area (Å²) in [5.74, 6) is 0.0597. The summed E-state index contributed by atoms with van der Waals surface area (Å²) in [7, 11) is 0. The zero-order chi connectivity index (χ0) is 10.5. The van der Waals surface area contributed by atoms with Gasteiger partial charge in [0.05, 0.1) is 19.1 Å². The number of benzene rings is 1. The minimum atomic E-state index is -0.236. The second-order valence-electron chi connectivity index (χ2n) is 4.37. The third-order valence-corrected chi connectivity index (χ3v) is 3.40. The molecule has 2 aliphatic heterocycles. The first-order valence-corrected chi connectivity index (χ1v) is 5.22. The maximum absolute atomic E-state index is 11.8. The molecule has 1 spiro atoms. The summed E-state index contributed by atoms with van der Waals surface area (Å²) in [6.45, 7) is 3.14. The number of amides is 1. The van der Waals surface area contributed by atoms with Gasteiger partial charge in [0.2, 0.25) is 5.91 Å². The molecule has 3 nitrogen and oxygen atoms in total. The van der Waals surface area contributed by atoms with Crippen LogP contribution in [0.1, 0.15) is 24.0 Å². The molecule has 2 heterocycles. The summed E-state index contributed by atoms with van der Waals surface area (Å²) in [4.78, 5) is 11.8. The highest BCUT2D eigenvalue weighted by atomic mass is 16.5. The van der Waals surface area contributed by atoms with E-state index in [0.29, 0.717) is 13.2 Å². The van der Waals surface area contributed by atoms with Crippen LogP contribution in [0.2, 0.25) is 0 Å². The summed E-state index contributed by atoms with van der Waals surface area (Å²) in [5, 5.41) is 3.07. The van der Waals surface area contributed by atoms with E-state index in [1.807, 2.05) is 25.1 Å². The van der Waals surface area contributed by atoms with Crippen molar-refractivity contribution in [3.63, 3.8) is 0 Å². The molecule has 1 unspecified atom stereocenters. The van der Waals surface area contributed by atoms with E-state index < -0.39 is 0 Å². The van der Waals surface area contributed by atoms with Gasteiger partial charge in [-0.15, -0.1) is 0 Å². The Balaban J connectivity index is 2.17. The molecule has 1 amide bonds. The first kappa shape index (κ1) is 8.92. The lowest BCUT2D eigenvalue weighted by Gasteiger charge is -2.47. The summed E-state index contributed by atoms with van der Waals surface area (Å²) in [6, 6.07) is 8.14. The molecule has 15 heavy (non-hydrogen) atoms. The Morgan fingerprint density at radius 2 is 2.13 bits per heavy atom. The predicted molar refractivity (Wildman–Crippen MR) is 55.5 cm³/mol. The molecule has 3 rings (SSSR count). The Hall–Kier alpha value is -1.35. The van der Waals surface area contributed by atoms with Crippen molar-refractivity contribution in [3.05, 3.63) is 35.4 Å². The molecule has 78 valence electrons. The highest BCUT2D eigenvalue weighted by Gasteiger charge is 2.47. The molecular formula is C12H13NO2. The molecule has 1 fully saturated rings. The smallest absolute Gasteiger partial charge is 0.228 e. The zero-order valence-electron chi connectivity index (χ0n) is 8.62. The third-order valence-electron chi connectivity index (χ3n) is 3.40. The SMILES string of the molecule is CC1C(=O)NC2(COC2)c2ccccc21. The van der Waals surface area contributed by atoms with Gasteiger partial charge in [0.25, 0.3) is 0 Å². The van der Waals surface area contributed by atoms with Crippen LogP contribution in [-0.2, 0) is 15.1 Å². The van der Waals surface area contributed by atoms with E-state index >= 15 is 0 Å². The Morgan fingerprint density at radius 1 is 1.40 bits per heavy atom. The van der Waals surface area contributed by atoms with Crippen molar-refractivity contribution in [2.75, 3.05) is 13.2 Å². The molecular weight excluding hydrogens is 190 g/mol. The van der Waals surface area contributed by atoms with E-state index in [0.717, 1.165) is 5.56 Å². The lowest BCUT2D eigenvalue weighted by Crippen LogP contribution is -2.62. The number of carbonyl (C=O) groups is 1. The molecule has 0 saturated carbocycles. The molecule has 0 bridgehead atoms. The van der Waals surface area contributed by atoms with Crippen LogP contribution in [0.15, 0.2) is 24.3 Å². The minimum Gasteiger partial charge on any atom is -0.376 e. The number of nitrogens with one attached hydrogen (secondary N) is 1. The normalized spacial score (nSPS) is 26.7. The molecule has 1 atom stereocenters. The Kier molecular flexibility index (Phi) is 1.68. The lowest BCUT2D eigenvalue weighted by molar-refractivity contribution is -0.137. The number of rotatable bonds is 0. The van der Waals surface area contributed by atoms with Gasteiger partial charge >= 0.3 is 0 Å². The molecule has 0 radical (unpaired) electrons. The van der Waals surface area contributed by atoms with Crippen LogP contribution in [0, 0.1) is 0 Å². The fourth-order valence-corrected chi connectivity index (χ4v) is 2.40. The van der Waals surface area contributed by atoms with Crippen molar-refractivity contribution < 1.29 is 9.53 Å². The number of ether oxygens (including phenoxy) is 1. The van der Waals surface area contributed by atoms with Crippen molar-refractivity contribution in [1.29, 1.82) is 0 Å². The van der Waals surface area contributed by atoms with Crippen LogP contribution >= 0.6 is 0 Å². The Bertz CT molecular complexity index is 423. The van der Waals surface area contributed by atoms with Crippen LogP contribution < -0.4 is 5.32 Å². The van der Waals surface area contributed by atoms with E-state index in [1.165, 1.54) is 5.56 Å². The number of hydrogen-bond acceptors (Lipinski definition) is 2. The van der Waals surface area contributed by atoms with Gasteiger partial charge in [-0.25, -0.2) is 0 Å². The second-order valence-corrected chi connectivity index (χ2v) is 4.37. The molecule has 1 aromatic rings. The van der Waals surface area contributed by atoms with Crippen LogP contribution in [0.3, 0.4) is 0 Å². The molecule has 1 saturated heterocycles. The van der Waals surface area contributed by atoms with E-state index in [1.54, 1.807) is 0 Å². The minimum absolute atomic E-state index is 0.0487. The largest absolute Gasteiger partial charge is 0.376 e. The fourth-order valence-electron chi connectivity index (χ4n) is 2.40. The van der Waals surface area contributed by atoms with Gasteiger partial charge in [-0.3, -0.25) is 4.79 Å². The standard InChI is InChI=1S/C12H13NO2/c1-8-9-4-2-3-5-10(9)12(6-15-7-12)13-11(8)14/h2-5,8H,6-7H2,1H3,(H,13,14). The number of hydrogen-bond donors (Lipinski definition) is 1. The summed E-state index contributed by atoms with van der Waals surface area (Å²) in [5.41, 5.74) is 2.13. The summed E-state index contributed by atoms with van der Waals surface area (Å²) < 4.78 is 5.24. The van der Waals surface area contributed by atoms with Gasteiger partial charge in [0.1, 0.15) is 5.54 Å². The van der Waals surface area contributed by atoms with Crippen molar-refractivity contribution in [3.8, 4) is 0 Å². The van der Waals surface area contributed by atoms with Crippen LogP contribution in [-0.4, -0.2) is 19.1 Å². The summed E-state index contributed by atoms with van der Waals surface area (Å²) in [6.07, 6.45) is 0. The average molecular weight is 203 g/mol. The van der Waals surface area contributed by atoms with Crippen LogP contribution in [0.4, 0.5) is 0 Å². The van der Waals surface area contributed by atoms with Gasteiger partial charge < -0.3 is 10.1 Å². The van der Waals surface area contributed by atoms with Gasteiger partial charge in [-0.05, 0) is 18.1 Å². The van der Waals surface area contributed by atoms with Gasteiger partial charge in [0, 0.05) is 0 Å². The number of fused-ring (bicyclic) bond motifs is 2. The fraction of sp³-hybridized carbons (Fsp3) is 0.417. The second kappa shape index (κ2) is 2.83. The Labute approximate surface area is 88.4 Å². The first-order chi connectivity index (χ1) is 7.23. The molecule has 0 aromatic heterocycles. The molecule has 1 N–H and O–H groups in total. The highest BCUT2D eigenvalue weighted by molar-refractivity contribution is 5.87. The molecule has 2 aliphatic rings. The lowest BCUT2D eigenvalue weighted by atomic mass is 9.77. The first-order valence-electron chi connectivity index (χ1n) is 5.22. The maximum Gasteiger partial charge on any atom is 0.228 e. The molecule has 1 aromatic carbocycles. The van der Waals surface area contributed by atoms with Gasteiger partial charge in [0.15, 0.2) is 0 Å². The van der Waals surface area contributed by atoms with Crippen molar-refractivity contribution in [2.45, 2.75) is 18.4 Å². The monoisotopic (exact) mass is 203 g/mol. The van der Waals surface area contributed by atoms with E-state index in [2.05, 4.69) is 11.4 Å².